The third-order valence-corrected chi connectivity index (χ3v) is 2.80. The van der Waals surface area contributed by atoms with E-state index in [-0.39, 0.29) is 10.6 Å². The number of aryl methyl sites for hydroxylation is 1. The van der Waals surface area contributed by atoms with E-state index in [1.807, 2.05) is 6.07 Å². The van der Waals surface area contributed by atoms with E-state index >= 15 is 0 Å². The molecule has 0 aliphatic carbocycles. The van der Waals surface area contributed by atoms with Crippen molar-refractivity contribution in [3.63, 3.8) is 0 Å². The molecular formula is C13H8ClFN2O. The van der Waals surface area contributed by atoms with Gasteiger partial charge in [-0.05, 0) is 30.7 Å². The average molecular weight is 263 g/mol. The Morgan fingerprint density at radius 2 is 2.11 bits per heavy atom. The minimum atomic E-state index is -0.541. The molecule has 0 unspecified atom stereocenters. The number of pyridine rings is 1. The van der Waals surface area contributed by atoms with Crippen LogP contribution in [-0.4, -0.2) is 4.98 Å². The molecule has 2 aromatic rings. The highest BCUT2D eigenvalue weighted by molar-refractivity contribution is 6.31. The van der Waals surface area contributed by atoms with Crippen LogP contribution in [0.3, 0.4) is 0 Å². The van der Waals surface area contributed by atoms with Crippen LogP contribution in [0.4, 0.5) is 4.39 Å². The van der Waals surface area contributed by atoms with Gasteiger partial charge in [-0.2, -0.15) is 5.26 Å². The van der Waals surface area contributed by atoms with Crippen molar-refractivity contribution in [1.82, 2.24) is 4.98 Å². The second-order valence-electron chi connectivity index (χ2n) is 3.81. The molecular weight excluding hydrogens is 255 g/mol. The molecule has 5 heteroatoms. The lowest BCUT2D eigenvalue weighted by Crippen LogP contribution is -2.12. The molecule has 0 amide bonds. The smallest absolute Gasteiger partial charge is 0.266 e. The molecule has 0 saturated heterocycles. The first kappa shape index (κ1) is 12.3. The fourth-order valence-corrected chi connectivity index (χ4v) is 1.87. The number of hydrogen-bond donors (Lipinski definition) is 1. The lowest BCUT2D eigenvalue weighted by Gasteiger charge is -2.06. The molecule has 0 aliphatic heterocycles. The summed E-state index contributed by atoms with van der Waals surface area (Å²) in [7, 11) is 0. The lowest BCUT2D eigenvalue weighted by molar-refractivity contribution is 0.628. The van der Waals surface area contributed by atoms with Crippen LogP contribution in [0.2, 0.25) is 5.02 Å². The maximum absolute atomic E-state index is 13.1. The van der Waals surface area contributed by atoms with Crippen molar-refractivity contribution in [2.75, 3.05) is 0 Å². The molecule has 0 bridgehead atoms. The van der Waals surface area contributed by atoms with Gasteiger partial charge in [0.05, 0.1) is 5.02 Å². The van der Waals surface area contributed by atoms with Crippen LogP contribution >= 0.6 is 11.6 Å². The Labute approximate surface area is 107 Å². The summed E-state index contributed by atoms with van der Waals surface area (Å²) in [4.78, 5) is 14.2. The predicted molar refractivity (Wildman–Crippen MR) is 66.9 cm³/mol. The Kier molecular flexibility index (Phi) is 3.17. The maximum atomic E-state index is 13.1. The largest absolute Gasteiger partial charge is 0.325 e. The van der Waals surface area contributed by atoms with Gasteiger partial charge in [-0.25, -0.2) is 4.39 Å². The van der Waals surface area contributed by atoms with E-state index in [0.29, 0.717) is 16.8 Å². The van der Waals surface area contributed by atoms with E-state index in [0.717, 1.165) is 0 Å². The molecule has 2 rings (SSSR count). The summed E-state index contributed by atoms with van der Waals surface area (Å²) in [6.45, 7) is 1.71. The molecule has 0 atom stereocenters. The summed E-state index contributed by atoms with van der Waals surface area (Å²) in [5.74, 6) is -0.541. The summed E-state index contributed by atoms with van der Waals surface area (Å²) in [6.07, 6.45) is 0. The average Bonchev–Trinajstić information content (AvgIpc) is 2.32. The topological polar surface area (TPSA) is 56.6 Å². The Morgan fingerprint density at radius 1 is 1.39 bits per heavy atom. The molecule has 3 nitrogen and oxygen atoms in total. The van der Waals surface area contributed by atoms with Crippen molar-refractivity contribution >= 4 is 11.6 Å². The van der Waals surface area contributed by atoms with Gasteiger partial charge >= 0.3 is 0 Å². The molecule has 1 N–H and O–H groups in total. The summed E-state index contributed by atoms with van der Waals surface area (Å²) in [5, 5.41) is 8.95. The van der Waals surface area contributed by atoms with Gasteiger partial charge in [0.2, 0.25) is 0 Å². The first-order valence-electron chi connectivity index (χ1n) is 5.12. The Bertz CT molecular complexity index is 716. The summed E-state index contributed by atoms with van der Waals surface area (Å²) in [6, 6.07) is 7.58. The molecule has 1 aromatic heterocycles. The predicted octanol–water partition coefficient (Wildman–Crippen LogP) is 3.01. The van der Waals surface area contributed by atoms with Gasteiger partial charge in [0.25, 0.3) is 5.56 Å². The minimum Gasteiger partial charge on any atom is -0.325 e. The van der Waals surface area contributed by atoms with E-state index in [1.54, 1.807) is 13.0 Å². The number of nitrogens with zero attached hydrogens (tertiary/aromatic N) is 1. The van der Waals surface area contributed by atoms with Crippen LogP contribution in [0.25, 0.3) is 11.1 Å². The molecule has 90 valence electrons. The zero-order valence-electron chi connectivity index (χ0n) is 9.42. The van der Waals surface area contributed by atoms with Gasteiger partial charge in [0.15, 0.2) is 0 Å². The van der Waals surface area contributed by atoms with Crippen LogP contribution in [-0.2, 0) is 0 Å². The zero-order valence-corrected chi connectivity index (χ0v) is 10.2. The van der Waals surface area contributed by atoms with Crippen molar-refractivity contribution in [2.24, 2.45) is 0 Å². The number of halogens is 2. The van der Waals surface area contributed by atoms with Crippen LogP contribution in [0.5, 0.6) is 0 Å². The van der Waals surface area contributed by atoms with E-state index in [2.05, 4.69) is 4.98 Å². The van der Waals surface area contributed by atoms with Gasteiger partial charge in [-0.1, -0.05) is 17.7 Å². The van der Waals surface area contributed by atoms with Crippen molar-refractivity contribution in [2.45, 2.75) is 6.92 Å². The SMILES string of the molecule is Cc1cc(-c2ccc(F)c(Cl)c2)c(C#N)c(=O)[nH]1. The Balaban J connectivity index is 2.75. The normalized spacial score (nSPS) is 10.1. The van der Waals surface area contributed by atoms with E-state index < -0.39 is 11.4 Å². The molecule has 1 heterocycles. The quantitative estimate of drug-likeness (QED) is 0.859. The summed E-state index contributed by atoms with van der Waals surface area (Å²) >= 11 is 5.69. The monoisotopic (exact) mass is 262 g/mol. The fraction of sp³-hybridized carbons (Fsp3) is 0.0769. The number of aromatic amines is 1. The van der Waals surface area contributed by atoms with Gasteiger partial charge in [-0.15, -0.1) is 0 Å². The number of rotatable bonds is 1. The van der Waals surface area contributed by atoms with Gasteiger partial charge in [-0.3, -0.25) is 4.79 Å². The fourth-order valence-electron chi connectivity index (χ4n) is 1.69. The number of benzene rings is 1. The summed E-state index contributed by atoms with van der Waals surface area (Å²) in [5.41, 5.74) is 1.12. The standard InChI is InChI=1S/C13H8ClFN2O/c1-7-4-9(10(6-16)13(18)17-7)8-2-3-12(15)11(14)5-8/h2-5H,1H3,(H,17,18). The first-order chi connectivity index (χ1) is 8.52. The van der Waals surface area contributed by atoms with Crippen LogP contribution < -0.4 is 5.56 Å². The molecule has 0 saturated carbocycles. The molecule has 0 fully saturated rings. The van der Waals surface area contributed by atoms with Crippen molar-refractivity contribution < 1.29 is 4.39 Å². The maximum Gasteiger partial charge on any atom is 0.266 e. The Hall–Kier alpha value is -2.12. The molecule has 18 heavy (non-hydrogen) atoms. The molecule has 0 aliphatic rings. The second-order valence-corrected chi connectivity index (χ2v) is 4.22. The van der Waals surface area contributed by atoms with Crippen LogP contribution in [0.15, 0.2) is 29.1 Å². The lowest BCUT2D eigenvalue weighted by atomic mass is 10.0. The van der Waals surface area contributed by atoms with Gasteiger partial charge < -0.3 is 4.98 Å². The number of aromatic nitrogens is 1. The highest BCUT2D eigenvalue weighted by Crippen LogP contribution is 2.26. The number of H-pyrrole nitrogens is 1. The first-order valence-corrected chi connectivity index (χ1v) is 5.50. The third-order valence-electron chi connectivity index (χ3n) is 2.51. The van der Waals surface area contributed by atoms with Crippen molar-refractivity contribution in [3.05, 3.63) is 56.7 Å². The molecule has 1 aromatic carbocycles. The van der Waals surface area contributed by atoms with E-state index in [1.165, 1.54) is 18.2 Å². The summed E-state index contributed by atoms with van der Waals surface area (Å²) < 4.78 is 13.1. The number of nitrogens with one attached hydrogen (secondary N) is 1. The van der Waals surface area contributed by atoms with Crippen LogP contribution in [0, 0.1) is 24.1 Å². The highest BCUT2D eigenvalue weighted by Gasteiger charge is 2.11. The van der Waals surface area contributed by atoms with Crippen molar-refractivity contribution in [3.8, 4) is 17.2 Å². The zero-order chi connectivity index (χ0) is 13.3. The van der Waals surface area contributed by atoms with Gasteiger partial charge in [0.1, 0.15) is 17.4 Å². The second kappa shape index (κ2) is 4.63. The Morgan fingerprint density at radius 3 is 2.72 bits per heavy atom. The number of hydrogen-bond acceptors (Lipinski definition) is 2. The van der Waals surface area contributed by atoms with Crippen LogP contribution in [0.1, 0.15) is 11.3 Å². The van der Waals surface area contributed by atoms with Crippen molar-refractivity contribution in [1.29, 1.82) is 5.26 Å². The number of nitriles is 1. The highest BCUT2D eigenvalue weighted by atomic mass is 35.5. The minimum absolute atomic E-state index is 0.0109. The third kappa shape index (κ3) is 2.13. The molecule has 0 spiro atoms. The molecule has 0 radical (unpaired) electrons. The van der Waals surface area contributed by atoms with Gasteiger partial charge in [0, 0.05) is 11.3 Å². The van der Waals surface area contributed by atoms with E-state index in [9.17, 15) is 9.18 Å². The van der Waals surface area contributed by atoms with E-state index in [4.69, 9.17) is 16.9 Å².